The molecule has 6 nitrogen and oxygen atoms in total. The molecule has 0 radical (unpaired) electrons. The number of halogens is 1. The number of para-hydroxylation sites is 1. The molecule has 1 saturated heterocycles. The van der Waals surface area contributed by atoms with E-state index in [4.69, 9.17) is 9.72 Å². The first-order valence-corrected chi connectivity index (χ1v) is 10.3. The molecule has 2 atom stereocenters. The summed E-state index contributed by atoms with van der Waals surface area (Å²) in [5.41, 5.74) is 2.25. The van der Waals surface area contributed by atoms with Gasteiger partial charge in [0.25, 0.3) is 5.91 Å². The number of hydrogen-bond acceptors (Lipinski definition) is 5. The first kappa shape index (κ1) is 19.8. The SMILES string of the molecule is CC[C@@H](Oc1ccccc1F)C(=O)N1CCC[C@@H]1c1ncc2c(n1)CCN(C)C2. The lowest BCUT2D eigenvalue weighted by Gasteiger charge is -2.29. The first-order chi connectivity index (χ1) is 14.1. The third-order valence-electron chi connectivity index (χ3n) is 5.73. The van der Waals surface area contributed by atoms with E-state index in [1.165, 1.54) is 6.07 Å². The van der Waals surface area contributed by atoms with Crippen LogP contribution in [0.1, 0.15) is 49.3 Å². The van der Waals surface area contributed by atoms with E-state index < -0.39 is 11.9 Å². The molecule has 1 aromatic carbocycles. The van der Waals surface area contributed by atoms with E-state index in [9.17, 15) is 9.18 Å². The summed E-state index contributed by atoms with van der Waals surface area (Å²) in [5, 5.41) is 0. The second-order valence-corrected chi connectivity index (χ2v) is 7.82. The van der Waals surface area contributed by atoms with Gasteiger partial charge in [-0.2, -0.15) is 0 Å². The van der Waals surface area contributed by atoms with Crippen molar-refractivity contribution in [2.45, 2.75) is 51.3 Å². The fraction of sp³-hybridized carbons (Fsp3) is 0.500. The Morgan fingerprint density at radius 2 is 2.17 bits per heavy atom. The van der Waals surface area contributed by atoms with Gasteiger partial charge in [-0.1, -0.05) is 19.1 Å². The normalized spacial score (nSPS) is 20.4. The number of aromatic nitrogens is 2. The van der Waals surface area contributed by atoms with E-state index >= 15 is 0 Å². The third kappa shape index (κ3) is 4.10. The molecule has 1 fully saturated rings. The van der Waals surface area contributed by atoms with Crippen LogP contribution in [0.15, 0.2) is 30.5 Å². The molecule has 1 aromatic heterocycles. The molecule has 2 aromatic rings. The standard InChI is InChI=1S/C22H27FN4O2/c1-3-19(29-20-9-5-4-7-16(20)23)22(28)27-11-6-8-18(27)21-24-13-15-14-26(2)12-10-17(15)25-21/h4-5,7,9,13,18-19H,3,6,8,10-12,14H2,1-2H3/t18-,19-/m1/s1. The largest absolute Gasteiger partial charge is 0.478 e. The zero-order valence-electron chi connectivity index (χ0n) is 17.0. The fourth-order valence-electron chi connectivity index (χ4n) is 4.12. The number of carbonyl (C=O) groups excluding carboxylic acids is 1. The summed E-state index contributed by atoms with van der Waals surface area (Å²) in [6, 6.07) is 6.05. The minimum absolute atomic E-state index is 0.109. The Labute approximate surface area is 170 Å². The predicted molar refractivity (Wildman–Crippen MR) is 107 cm³/mol. The second kappa shape index (κ2) is 8.45. The van der Waals surface area contributed by atoms with Crippen LogP contribution in [0.5, 0.6) is 5.75 Å². The molecule has 2 aliphatic rings. The average molecular weight is 398 g/mol. The second-order valence-electron chi connectivity index (χ2n) is 7.82. The Hall–Kier alpha value is -2.54. The summed E-state index contributed by atoms with van der Waals surface area (Å²) >= 11 is 0. The molecule has 4 rings (SSSR count). The molecule has 29 heavy (non-hydrogen) atoms. The van der Waals surface area contributed by atoms with E-state index in [0.29, 0.717) is 18.8 Å². The number of likely N-dealkylation sites (tertiary alicyclic amines) is 1. The summed E-state index contributed by atoms with van der Waals surface area (Å²) in [6.45, 7) is 4.35. The third-order valence-corrected chi connectivity index (χ3v) is 5.73. The lowest BCUT2D eigenvalue weighted by atomic mass is 10.1. The number of carbonyl (C=O) groups is 1. The number of hydrogen-bond donors (Lipinski definition) is 0. The van der Waals surface area contributed by atoms with Crippen molar-refractivity contribution in [3.63, 3.8) is 0 Å². The number of amides is 1. The quantitative estimate of drug-likeness (QED) is 0.775. The lowest BCUT2D eigenvalue weighted by Crippen LogP contribution is -2.42. The van der Waals surface area contributed by atoms with Crippen LogP contribution < -0.4 is 4.74 Å². The number of fused-ring (bicyclic) bond motifs is 1. The number of ether oxygens (including phenoxy) is 1. The Kier molecular flexibility index (Phi) is 5.76. The van der Waals surface area contributed by atoms with Crippen molar-refractivity contribution in [1.29, 1.82) is 0 Å². The van der Waals surface area contributed by atoms with Gasteiger partial charge in [0.05, 0.1) is 6.04 Å². The highest BCUT2D eigenvalue weighted by molar-refractivity contribution is 5.82. The first-order valence-electron chi connectivity index (χ1n) is 10.3. The Balaban J connectivity index is 1.53. The fourth-order valence-corrected chi connectivity index (χ4v) is 4.12. The van der Waals surface area contributed by atoms with Crippen LogP contribution in [0.2, 0.25) is 0 Å². The highest BCUT2D eigenvalue weighted by Gasteiger charge is 2.36. The van der Waals surface area contributed by atoms with E-state index in [-0.39, 0.29) is 17.7 Å². The van der Waals surface area contributed by atoms with Crippen LogP contribution >= 0.6 is 0 Å². The van der Waals surface area contributed by atoms with Crippen LogP contribution in [0.25, 0.3) is 0 Å². The Bertz CT molecular complexity index is 891. The highest BCUT2D eigenvalue weighted by atomic mass is 19.1. The minimum atomic E-state index is -0.723. The van der Waals surface area contributed by atoms with Gasteiger partial charge < -0.3 is 14.5 Å². The molecule has 7 heteroatoms. The summed E-state index contributed by atoms with van der Waals surface area (Å²) in [5.74, 6) is 0.233. The highest BCUT2D eigenvalue weighted by Crippen LogP contribution is 2.32. The van der Waals surface area contributed by atoms with Crippen LogP contribution in [-0.2, 0) is 17.8 Å². The summed E-state index contributed by atoms with van der Waals surface area (Å²) in [4.78, 5) is 26.7. The van der Waals surface area contributed by atoms with Crippen molar-refractivity contribution in [2.24, 2.45) is 0 Å². The molecule has 0 spiro atoms. The molecule has 154 valence electrons. The molecular formula is C22H27FN4O2. The van der Waals surface area contributed by atoms with Gasteiger partial charge >= 0.3 is 0 Å². The van der Waals surface area contributed by atoms with Gasteiger partial charge in [-0.15, -0.1) is 0 Å². The van der Waals surface area contributed by atoms with Crippen molar-refractivity contribution in [2.75, 3.05) is 20.1 Å². The zero-order chi connectivity index (χ0) is 20.4. The van der Waals surface area contributed by atoms with Crippen molar-refractivity contribution in [3.05, 3.63) is 53.4 Å². The van der Waals surface area contributed by atoms with E-state index in [0.717, 1.165) is 43.6 Å². The lowest BCUT2D eigenvalue weighted by molar-refractivity contribution is -0.140. The molecule has 0 aliphatic carbocycles. The van der Waals surface area contributed by atoms with Gasteiger partial charge in [0.1, 0.15) is 0 Å². The number of rotatable bonds is 5. The number of benzene rings is 1. The summed E-state index contributed by atoms with van der Waals surface area (Å²) in [6.07, 6.45) is 4.28. The summed E-state index contributed by atoms with van der Waals surface area (Å²) in [7, 11) is 2.09. The van der Waals surface area contributed by atoms with Crippen molar-refractivity contribution < 1.29 is 13.9 Å². The molecule has 2 aliphatic heterocycles. The monoisotopic (exact) mass is 398 g/mol. The maximum absolute atomic E-state index is 14.0. The van der Waals surface area contributed by atoms with Crippen LogP contribution in [0.4, 0.5) is 4.39 Å². The molecule has 0 unspecified atom stereocenters. The topological polar surface area (TPSA) is 58.6 Å². The smallest absolute Gasteiger partial charge is 0.264 e. The van der Waals surface area contributed by atoms with Gasteiger partial charge in [0, 0.05) is 43.5 Å². The number of likely N-dealkylation sites (N-methyl/N-ethyl adjacent to an activating group) is 1. The molecule has 0 N–H and O–H groups in total. The van der Waals surface area contributed by atoms with Gasteiger partial charge in [-0.3, -0.25) is 4.79 Å². The molecular weight excluding hydrogens is 371 g/mol. The Morgan fingerprint density at radius 3 is 2.97 bits per heavy atom. The van der Waals surface area contributed by atoms with Crippen molar-refractivity contribution in [1.82, 2.24) is 19.8 Å². The molecule has 0 saturated carbocycles. The van der Waals surface area contributed by atoms with Crippen LogP contribution in [0, 0.1) is 5.82 Å². The van der Waals surface area contributed by atoms with E-state index in [1.54, 1.807) is 18.2 Å². The van der Waals surface area contributed by atoms with Gasteiger partial charge in [0.2, 0.25) is 0 Å². The summed E-state index contributed by atoms with van der Waals surface area (Å²) < 4.78 is 19.7. The van der Waals surface area contributed by atoms with Crippen molar-refractivity contribution in [3.8, 4) is 5.75 Å². The van der Waals surface area contributed by atoms with Crippen molar-refractivity contribution >= 4 is 5.91 Å². The molecule has 3 heterocycles. The maximum Gasteiger partial charge on any atom is 0.264 e. The van der Waals surface area contributed by atoms with Crippen LogP contribution in [0.3, 0.4) is 0 Å². The van der Waals surface area contributed by atoms with E-state index in [2.05, 4.69) is 16.9 Å². The van der Waals surface area contributed by atoms with E-state index in [1.807, 2.05) is 18.0 Å². The Morgan fingerprint density at radius 1 is 1.34 bits per heavy atom. The van der Waals surface area contributed by atoms with Gasteiger partial charge in [-0.25, -0.2) is 14.4 Å². The average Bonchev–Trinajstić information content (AvgIpc) is 3.22. The minimum Gasteiger partial charge on any atom is -0.478 e. The maximum atomic E-state index is 14.0. The molecule has 0 bridgehead atoms. The van der Waals surface area contributed by atoms with Crippen LogP contribution in [-0.4, -0.2) is 51.9 Å². The zero-order valence-corrected chi connectivity index (χ0v) is 17.0. The van der Waals surface area contributed by atoms with Gasteiger partial charge in [0.15, 0.2) is 23.5 Å². The molecule has 1 amide bonds. The number of nitrogens with zero attached hydrogens (tertiary/aromatic N) is 4. The predicted octanol–water partition coefficient (Wildman–Crippen LogP) is 3.12. The van der Waals surface area contributed by atoms with Gasteiger partial charge in [-0.05, 0) is 38.4 Å².